The Balaban J connectivity index is 1.39. The van der Waals surface area contributed by atoms with E-state index in [1.54, 1.807) is 24.3 Å². The number of hydrogen-bond donors (Lipinski definition) is 1. The maximum Gasteiger partial charge on any atom is 0.262 e. The van der Waals surface area contributed by atoms with Gasteiger partial charge in [0.1, 0.15) is 6.04 Å². The molecular formula is C27H25N3O4. The Morgan fingerprint density at radius 3 is 2.03 bits per heavy atom. The number of amides is 3. The van der Waals surface area contributed by atoms with Crippen LogP contribution in [0.2, 0.25) is 0 Å². The van der Waals surface area contributed by atoms with Gasteiger partial charge in [-0.15, -0.1) is 0 Å². The zero-order chi connectivity index (χ0) is 23.5. The topological polar surface area (TPSA) is 79.0 Å². The van der Waals surface area contributed by atoms with Gasteiger partial charge in [0, 0.05) is 30.9 Å². The van der Waals surface area contributed by atoms with Crippen LogP contribution in [0.25, 0.3) is 0 Å². The summed E-state index contributed by atoms with van der Waals surface area (Å²) < 4.78 is 5.40. The van der Waals surface area contributed by atoms with Crippen molar-refractivity contribution in [3.63, 3.8) is 0 Å². The van der Waals surface area contributed by atoms with E-state index in [0.29, 0.717) is 30.0 Å². The van der Waals surface area contributed by atoms with Crippen molar-refractivity contribution in [2.75, 3.05) is 36.5 Å². The number of fused-ring (bicyclic) bond motifs is 1. The van der Waals surface area contributed by atoms with Gasteiger partial charge < -0.3 is 15.0 Å². The van der Waals surface area contributed by atoms with Crippen LogP contribution in [0.5, 0.6) is 0 Å². The van der Waals surface area contributed by atoms with Crippen LogP contribution < -0.4 is 10.2 Å². The van der Waals surface area contributed by atoms with Crippen LogP contribution in [-0.2, 0) is 16.0 Å². The quantitative estimate of drug-likeness (QED) is 0.577. The van der Waals surface area contributed by atoms with Crippen LogP contribution in [0.1, 0.15) is 26.3 Å². The molecule has 2 heterocycles. The number of carbonyl (C=O) groups excluding carboxylic acids is 3. The molecule has 3 aromatic rings. The minimum Gasteiger partial charge on any atom is -0.378 e. The molecule has 0 unspecified atom stereocenters. The first-order valence-electron chi connectivity index (χ1n) is 11.4. The second-order valence-corrected chi connectivity index (χ2v) is 8.37. The summed E-state index contributed by atoms with van der Waals surface area (Å²) in [7, 11) is 0. The molecule has 3 aromatic carbocycles. The van der Waals surface area contributed by atoms with Gasteiger partial charge >= 0.3 is 0 Å². The molecule has 0 aromatic heterocycles. The highest BCUT2D eigenvalue weighted by molar-refractivity contribution is 6.23. The van der Waals surface area contributed by atoms with Gasteiger partial charge in [0.15, 0.2) is 0 Å². The zero-order valence-corrected chi connectivity index (χ0v) is 18.6. The molecule has 0 spiro atoms. The Kier molecular flexibility index (Phi) is 6.10. The van der Waals surface area contributed by atoms with Gasteiger partial charge in [-0.1, -0.05) is 42.5 Å². The number of carbonyl (C=O) groups is 3. The Bertz CT molecular complexity index is 1170. The summed E-state index contributed by atoms with van der Waals surface area (Å²) in [6.45, 7) is 3.04. The predicted molar refractivity (Wildman–Crippen MR) is 129 cm³/mol. The molecule has 0 saturated carbocycles. The first kappa shape index (κ1) is 21.9. The molecule has 7 nitrogen and oxygen atoms in total. The Labute approximate surface area is 197 Å². The van der Waals surface area contributed by atoms with E-state index in [1.165, 1.54) is 0 Å². The normalized spacial score (nSPS) is 16.4. The lowest BCUT2D eigenvalue weighted by atomic mass is 10.0. The average Bonchev–Trinajstić information content (AvgIpc) is 3.14. The Morgan fingerprint density at radius 2 is 1.41 bits per heavy atom. The number of rotatable bonds is 6. The number of nitrogens with one attached hydrogen (secondary N) is 1. The highest BCUT2D eigenvalue weighted by atomic mass is 16.5. The zero-order valence-electron chi connectivity index (χ0n) is 18.6. The maximum absolute atomic E-state index is 13.4. The third-order valence-electron chi connectivity index (χ3n) is 6.22. The van der Waals surface area contributed by atoms with Crippen LogP contribution in [0.15, 0.2) is 78.9 Å². The lowest BCUT2D eigenvalue weighted by Crippen LogP contribution is -2.48. The third kappa shape index (κ3) is 4.30. The molecule has 3 amide bonds. The summed E-state index contributed by atoms with van der Waals surface area (Å²) in [5, 5.41) is 2.91. The van der Waals surface area contributed by atoms with Crippen molar-refractivity contribution < 1.29 is 19.1 Å². The van der Waals surface area contributed by atoms with Gasteiger partial charge in [-0.3, -0.25) is 19.3 Å². The predicted octanol–water partition coefficient (Wildman–Crippen LogP) is 3.37. The molecule has 1 fully saturated rings. The third-order valence-corrected chi connectivity index (χ3v) is 6.22. The molecule has 5 rings (SSSR count). The van der Waals surface area contributed by atoms with Gasteiger partial charge in [-0.05, 0) is 42.0 Å². The highest BCUT2D eigenvalue weighted by Crippen LogP contribution is 2.27. The van der Waals surface area contributed by atoms with E-state index in [0.717, 1.165) is 29.2 Å². The molecule has 1 N–H and O–H groups in total. The Hall–Kier alpha value is -3.97. The molecule has 172 valence electrons. The van der Waals surface area contributed by atoms with E-state index in [-0.39, 0.29) is 6.42 Å². The summed E-state index contributed by atoms with van der Waals surface area (Å²) in [5.41, 5.74) is 3.18. The number of imide groups is 1. The summed E-state index contributed by atoms with van der Waals surface area (Å²) in [4.78, 5) is 43.0. The molecule has 1 saturated heterocycles. The van der Waals surface area contributed by atoms with Gasteiger partial charge in [-0.25, -0.2) is 0 Å². The molecular weight excluding hydrogens is 430 g/mol. The molecule has 7 heteroatoms. The van der Waals surface area contributed by atoms with E-state index in [1.807, 2.05) is 54.6 Å². The summed E-state index contributed by atoms with van der Waals surface area (Å²) in [5.74, 6) is -1.30. The highest BCUT2D eigenvalue weighted by Gasteiger charge is 2.42. The SMILES string of the molecule is O=C(Nc1ccc(N2CCOCC2)cc1)[C@H](Cc1ccccc1)N1C(=O)c2ccccc2C1=O. The molecule has 0 aliphatic carbocycles. The second-order valence-electron chi connectivity index (χ2n) is 8.37. The summed E-state index contributed by atoms with van der Waals surface area (Å²) in [6.07, 6.45) is 0.226. The van der Waals surface area contributed by atoms with Crippen LogP contribution in [-0.4, -0.2) is 55.0 Å². The van der Waals surface area contributed by atoms with Crippen molar-refractivity contribution in [3.05, 3.63) is 95.6 Å². The Morgan fingerprint density at radius 1 is 0.824 bits per heavy atom. The average molecular weight is 456 g/mol. The first-order chi connectivity index (χ1) is 16.6. The number of benzene rings is 3. The lowest BCUT2D eigenvalue weighted by Gasteiger charge is -2.29. The number of nitrogens with zero attached hydrogens (tertiary/aromatic N) is 2. The molecule has 0 radical (unpaired) electrons. The van der Waals surface area contributed by atoms with Gasteiger partial charge in [0.25, 0.3) is 11.8 Å². The van der Waals surface area contributed by atoms with Crippen LogP contribution in [0.4, 0.5) is 11.4 Å². The fourth-order valence-electron chi connectivity index (χ4n) is 4.43. The number of morpholine rings is 1. The molecule has 2 aliphatic rings. The van der Waals surface area contributed by atoms with Crippen LogP contribution >= 0.6 is 0 Å². The fourth-order valence-corrected chi connectivity index (χ4v) is 4.43. The number of hydrogen-bond acceptors (Lipinski definition) is 5. The van der Waals surface area contributed by atoms with Crippen LogP contribution in [0, 0.1) is 0 Å². The second kappa shape index (κ2) is 9.49. The van der Waals surface area contributed by atoms with Crippen molar-refractivity contribution in [1.29, 1.82) is 0 Å². The van der Waals surface area contributed by atoms with Crippen molar-refractivity contribution in [2.45, 2.75) is 12.5 Å². The van der Waals surface area contributed by atoms with E-state index in [4.69, 9.17) is 4.74 Å². The van der Waals surface area contributed by atoms with Crippen molar-refractivity contribution in [2.24, 2.45) is 0 Å². The molecule has 0 bridgehead atoms. The minimum absolute atomic E-state index is 0.226. The molecule has 34 heavy (non-hydrogen) atoms. The van der Waals surface area contributed by atoms with Crippen molar-refractivity contribution in [3.8, 4) is 0 Å². The fraction of sp³-hybridized carbons (Fsp3) is 0.222. The summed E-state index contributed by atoms with van der Waals surface area (Å²) in [6, 6.07) is 22.7. The van der Waals surface area contributed by atoms with Crippen molar-refractivity contribution in [1.82, 2.24) is 4.90 Å². The van der Waals surface area contributed by atoms with E-state index in [9.17, 15) is 14.4 Å². The lowest BCUT2D eigenvalue weighted by molar-refractivity contribution is -0.119. The molecule has 2 aliphatic heterocycles. The number of ether oxygens (including phenoxy) is 1. The van der Waals surface area contributed by atoms with E-state index >= 15 is 0 Å². The smallest absolute Gasteiger partial charge is 0.262 e. The number of anilines is 2. The molecule has 1 atom stereocenters. The largest absolute Gasteiger partial charge is 0.378 e. The van der Waals surface area contributed by atoms with Crippen molar-refractivity contribution >= 4 is 29.1 Å². The first-order valence-corrected chi connectivity index (χ1v) is 11.4. The maximum atomic E-state index is 13.4. The van der Waals surface area contributed by atoms with E-state index in [2.05, 4.69) is 10.2 Å². The van der Waals surface area contributed by atoms with E-state index < -0.39 is 23.8 Å². The monoisotopic (exact) mass is 455 g/mol. The van der Waals surface area contributed by atoms with Crippen LogP contribution in [0.3, 0.4) is 0 Å². The minimum atomic E-state index is -0.978. The van der Waals surface area contributed by atoms with Gasteiger partial charge in [-0.2, -0.15) is 0 Å². The summed E-state index contributed by atoms with van der Waals surface area (Å²) >= 11 is 0. The standard InChI is InChI=1S/C27H25N3O4/c31-25(28-20-10-12-21(13-11-20)29-14-16-34-17-15-29)24(18-19-6-2-1-3-7-19)30-26(32)22-8-4-5-9-23(22)27(30)33/h1-13,24H,14-18H2,(H,28,31)/t24-/m0/s1. The van der Waals surface area contributed by atoms with Gasteiger partial charge in [0.05, 0.1) is 24.3 Å². The van der Waals surface area contributed by atoms with Gasteiger partial charge in [0.2, 0.25) is 5.91 Å².